The van der Waals surface area contributed by atoms with Crippen molar-refractivity contribution >= 4 is 39.0 Å². The number of carbonyl (C=O) groups excluding carboxylic acids is 1. The summed E-state index contributed by atoms with van der Waals surface area (Å²) >= 11 is 0. The summed E-state index contributed by atoms with van der Waals surface area (Å²) in [5.74, 6) is 0.00480. The van der Waals surface area contributed by atoms with Crippen molar-refractivity contribution < 1.29 is 4.79 Å². The molecule has 0 saturated carbocycles. The van der Waals surface area contributed by atoms with Gasteiger partial charge in [-0.3, -0.25) is 4.79 Å². The van der Waals surface area contributed by atoms with Crippen LogP contribution in [0.1, 0.15) is 15.9 Å². The van der Waals surface area contributed by atoms with E-state index < -0.39 is 0 Å². The quantitative estimate of drug-likeness (QED) is 0.504. The summed E-state index contributed by atoms with van der Waals surface area (Å²) in [6.45, 7) is 0. The average molecular weight is 310 g/mol. The molecule has 0 amide bonds. The molecular weight excluding hydrogens is 296 g/mol. The Morgan fingerprint density at radius 3 is 2.46 bits per heavy atom. The van der Waals surface area contributed by atoms with Crippen molar-refractivity contribution in [3.05, 3.63) is 77.9 Å². The molecule has 0 saturated heterocycles. The largest absolute Gasteiger partial charge is 0.344 e. The molecule has 24 heavy (non-hydrogen) atoms. The second-order valence-electron chi connectivity index (χ2n) is 6.11. The first-order valence-electron chi connectivity index (χ1n) is 7.94. The van der Waals surface area contributed by atoms with Crippen molar-refractivity contribution in [3.63, 3.8) is 0 Å². The summed E-state index contributed by atoms with van der Waals surface area (Å²) in [4.78, 5) is 17.2. The fourth-order valence-corrected chi connectivity index (χ4v) is 3.57. The van der Waals surface area contributed by atoms with Crippen LogP contribution < -0.4 is 0 Å². The zero-order valence-corrected chi connectivity index (χ0v) is 13.2. The number of nitrogens with zero attached hydrogens (tertiary/aromatic N) is 2. The Kier molecular flexibility index (Phi) is 2.57. The van der Waals surface area contributed by atoms with Gasteiger partial charge in [-0.1, -0.05) is 36.4 Å². The van der Waals surface area contributed by atoms with Gasteiger partial charge in [0.25, 0.3) is 0 Å². The Labute approximate surface area is 138 Å². The first kappa shape index (κ1) is 13.3. The van der Waals surface area contributed by atoms with E-state index in [1.54, 1.807) is 0 Å². The van der Waals surface area contributed by atoms with Crippen LogP contribution in [-0.2, 0) is 7.05 Å². The van der Waals surface area contributed by atoms with E-state index in [2.05, 4.69) is 40.9 Å². The fourth-order valence-electron chi connectivity index (χ4n) is 3.57. The van der Waals surface area contributed by atoms with E-state index >= 15 is 0 Å². The molecule has 0 atom stereocenters. The number of para-hydroxylation sites is 2. The molecule has 0 fully saturated rings. The predicted molar refractivity (Wildman–Crippen MR) is 97.4 cm³/mol. The van der Waals surface area contributed by atoms with Gasteiger partial charge < -0.3 is 4.57 Å². The molecule has 114 valence electrons. The Morgan fingerprint density at radius 2 is 1.58 bits per heavy atom. The third-order valence-corrected chi connectivity index (χ3v) is 4.78. The third-order valence-electron chi connectivity index (χ3n) is 4.78. The summed E-state index contributed by atoms with van der Waals surface area (Å²) in [5, 5.41) is 2.34. The number of ketones is 1. The van der Waals surface area contributed by atoms with E-state index in [1.807, 2.05) is 42.5 Å². The SMILES string of the molecule is Cn1c2ccccc2c2cc(C3=Nc4ccccc4C3=O)ccc21. The number of Topliss-reactive ketones (excluding diaryl/α,β-unsaturated/α-hetero) is 1. The van der Waals surface area contributed by atoms with Crippen LogP contribution in [0.4, 0.5) is 5.69 Å². The fraction of sp³-hybridized carbons (Fsp3) is 0.0476. The minimum atomic E-state index is 0.00480. The number of benzene rings is 3. The van der Waals surface area contributed by atoms with Gasteiger partial charge in [-0.25, -0.2) is 4.99 Å². The van der Waals surface area contributed by atoms with Crippen LogP contribution in [0.2, 0.25) is 0 Å². The van der Waals surface area contributed by atoms with E-state index in [-0.39, 0.29) is 5.78 Å². The topological polar surface area (TPSA) is 34.4 Å². The van der Waals surface area contributed by atoms with E-state index in [1.165, 1.54) is 10.9 Å². The molecule has 2 heterocycles. The maximum atomic E-state index is 12.7. The van der Waals surface area contributed by atoms with Gasteiger partial charge in [-0.05, 0) is 30.3 Å². The number of rotatable bonds is 1. The van der Waals surface area contributed by atoms with Crippen molar-refractivity contribution in [1.82, 2.24) is 4.57 Å². The summed E-state index contributed by atoms with van der Waals surface area (Å²) in [7, 11) is 2.07. The molecule has 1 aliphatic rings. The maximum absolute atomic E-state index is 12.7. The van der Waals surface area contributed by atoms with Gasteiger partial charge in [0.15, 0.2) is 0 Å². The molecule has 0 unspecified atom stereocenters. The smallest absolute Gasteiger partial charge is 0.214 e. The van der Waals surface area contributed by atoms with Gasteiger partial charge in [0.05, 0.1) is 5.69 Å². The molecule has 3 nitrogen and oxygen atoms in total. The highest BCUT2D eigenvalue weighted by molar-refractivity contribution is 6.55. The van der Waals surface area contributed by atoms with Crippen molar-refractivity contribution in [1.29, 1.82) is 0 Å². The van der Waals surface area contributed by atoms with Crippen molar-refractivity contribution in [2.45, 2.75) is 0 Å². The molecule has 1 aromatic heterocycles. The van der Waals surface area contributed by atoms with Crippen LogP contribution in [0.15, 0.2) is 71.7 Å². The normalized spacial score (nSPS) is 13.5. The summed E-state index contributed by atoms with van der Waals surface area (Å²) in [6, 6.07) is 22.0. The molecule has 0 bridgehead atoms. The summed E-state index contributed by atoms with van der Waals surface area (Å²) < 4.78 is 2.18. The van der Waals surface area contributed by atoms with Crippen LogP contribution in [0, 0.1) is 0 Å². The lowest BCUT2D eigenvalue weighted by atomic mass is 10.0. The van der Waals surface area contributed by atoms with Crippen LogP contribution in [0.3, 0.4) is 0 Å². The molecule has 0 spiro atoms. The van der Waals surface area contributed by atoms with Crippen LogP contribution >= 0.6 is 0 Å². The summed E-state index contributed by atoms with van der Waals surface area (Å²) in [5.41, 5.74) is 5.20. The minimum Gasteiger partial charge on any atom is -0.344 e. The highest BCUT2D eigenvalue weighted by atomic mass is 16.1. The predicted octanol–water partition coefficient (Wildman–Crippen LogP) is 4.65. The number of carbonyl (C=O) groups is 1. The average Bonchev–Trinajstić information content (AvgIpc) is 3.11. The number of aliphatic imine (C=N–C) groups is 1. The monoisotopic (exact) mass is 310 g/mol. The lowest BCUT2D eigenvalue weighted by Crippen LogP contribution is -2.10. The highest BCUT2D eigenvalue weighted by Crippen LogP contribution is 2.32. The van der Waals surface area contributed by atoms with Gasteiger partial charge in [-0.2, -0.15) is 0 Å². The molecule has 0 radical (unpaired) electrons. The van der Waals surface area contributed by atoms with Gasteiger partial charge >= 0.3 is 0 Å². The molecule has 0 aliphatic carbocycles. The van der Waals surface area contributed by atoms with Crippen LogP contribution in [0.25, 0.3) is 21.8 Å². The van der Waals surface area contributed by atoms with Crippen molar-refractivity contribution in [2.75, 3.05) is 0 Å². The lowest BCUT2D eigenvalue weighted by Gasteiger charge is -2.02. The van der Waals surface area contributed by atoms with Gasteiger partial charge in [-0.15, -0.1) is 0 Å². The number of aromatic nitrogens is 1. The lowest BCUT2D eigenvalue weighted by molar-refractivity contribution is 0.107. The van der Waals surface area contributed by atoms with Crippen LogP contribution in [0.5, 0.6) is 0 Å². The zero-order valence-electron chi connectivity index (χ0n) is 13.2. The standard InChI is InChI=1S/C21H14N2O/c1-23-18-9-5-3-6-14(18)16-12-13(10-11-19(16)23)20-21(24)15-7-2-4-8-17(15)22-20/h2-12H,1H3. The Balaban J connectivity index is 1.75. The van der Waals surface area contributed by atoms with Gasteiger partial charge in [0.1, 0.15) is 5.71 Å². The second kappa shape index (κ2) is 4.65. The van der Waals surface area contributed by atoms with E-state index in [0.717, 1.165) is 22.2 Å². The highest BCUT2D eigenvalue weighted by Gasteiger charge is 2.25. The van der Waals surface area contributed by atoms with Gasteiger partial charge in [0, 0.05) is 40.0 Å². The van der Waals surface area contributed by atoms with Crippen LogP contribution in [-0.4, -0.2) is 16.1 Å². The van der Waals surface area contributed by atoms with Crippen molar-refractivity contribution in [2.24, 2.45) is 12.0 Å². The molecule has 4 aromatic rings. The first-order valence-corrected chi connectivity index (χ1v) is 7.94. The Hall–Kier alpha value is -3.20. The molecule has 1 aliphatic heterocycles. The third kappa shape index (κ3) is 1.67. The molecule has 5 rings (SSSR count). The molecule has 3 heteroatoms. The zero-order chi connectivity index (χ0) is 16.3. The number of hydrogen-bond donors (Lipinski definition) is 0. The number of hydrogen-bond acceptors (Lipinski definition) is 2. The molecular formula is C21H14N2O. The Morgan fingerprint density at radius 1 is 0.833 bits per heavy atom. The maximum Gasteiger partial charge on any atom is 0.214 e. The first-order chi connectivity index (χ1) is 11.7. The van der Waals surface area contributed by atoms with E-state index in [0.29, 0.717) is 11.3 Å². The van der Waals surface area contributed by atoms with Crippen molar-refractivity contribution in [3.8, 4) is 0 Å². The van der Waals surface area contributed by atoms with Gasteiger partial charge in [0.2, 0.25) is 5.78 Å². The molecule has 3 aromatic carbocycles. The molecule has 0 N–H and O–H groups in total. The van der Waals surface area contributed by atoms with E-state index in [9.17, 15) is 4.79 Å². The second-order valence-corrected chi connectivity index (χ2v) is 6.11. The summed E-state index contributed by atoms with van der Waals surface area (Å²) in [6.07, 6.45) is 0. The number of aryl methyl sites for hydroxylation is 1. The minimum absolute atomic E-state index is 0.00480. The van der Waals surface area contributed by atoms with E-state index in [4.69, 9.17) is 0 Å². The number of fused-ring (bicyclic) bond motifs is 4. The Bertz CT molecular complexity index is 1180.